The molecule has 0 fully saturated rings. The summed E-state index contributed by atoms with van der Waals surface area (Å²) in [4.78, 5) is 27.1. The van der Waals surface area contributed by atoms with Gasteiger partial charge in [0.2, 0.25) is 5.91 Å². The standard InChI is InChI=1S/C23H28BrClN2O3/c1-4-5-12-26-23(29)17(3)27(14-18-6-8-19(25)9-7-18)22(28)15-30-20-10-11-21(24)16(2)13-20/h6-11,13,17H,4-5,12,14-15H2,1-3H3,(H,26,29)/t17-/m0/s1. The predicted octanol–water partition coefficient (Wildman–Crippen LogP) is 5.12. The lowest BCUT2D eigenvalue weighted by molar-refractivity contribution is -0.142. The summed E-state index contributed by atoms with van der Waals surface area (Å²) in [5, 5.41) is 3.52. The van der Waals surface area contributed by atoms with Gasteiger partial charge in [-0.25, -0.2) is 0 Å². The van der Waals surface area contributed by atoms with E-state index >= 15 is 0 Å². The average molecular weight is 496 g/mol. The summed E-state index contributed by atoms with van der Waals surface area (Å²) in [5.74, 6) is 0.171. The van der Waals surface area contributed by atoms with E-state index in [1.54, 1.807) is 25.1 Å². The van der Waals surface area contributed by atoms with E-state index in [1.807, 2.05) is 31.2 Å². The molecule has 0 spiro atoms. The summed E-state index contributed by atoms with van der Waals surface area (Å²) in [6.45, 7) is 6.49. The maximum atomic E-state index is 13.0. The first kappa shape index (κ1) is 24.2. The fourth-order valence-electron chi connectivity index (χ4n) is 2.84. The number of aryl methyl sites for hydroxylation is 1. The molecule has 0 heterocycles. The van der Waals surface area contributed by atoms with E-state index < -0.39 is 6.04 Å². The second-order valence-corrected chi connectivity index (χ2v) is 8.46. The number of amides is 2. The summed E-state index contributed by atoms with van der Waals surface area (Å²) in [6, 6.07) is 12.2. The maximum Gasteiger partial charge on any atom is 0.261 e. The van der Waals surface area contributed by atoms with Gasteiger partial charge in [0.1, 0.15) is 11.8 Å². The van der Waals surface area contributed by atoms with Crippen LogP contribution in [0.2, 0.25) is 5.02 Å². The van der Waals surface area contributed by atoms with Gasteiger partial charge in [-0.2, -0.15) is 0 Å². The first-order valence-corrected chi connectivity index (χ1v) is 11.2. The van der Waals surface area contributed by atoms with Crippen LogP contribution in [0.25, 0.3) is 0 Å². The summed E-state index contributed by atoms with van der Waals surface area (Å²) >= 11 is 9.42. The number of benzene rings is 2. The topological polar surface area (TPSA) is 58.6 Å². The molecule has 1 N–H and O–H groups in total. The van der Waals surface area contributed by atoms with Gasteiger partial charge in [-0.05, 0) is 61.7 Å². The van der Waals surface area contributed by atoms with Crippen molar-refractivity contribution in [3.8, 4) is 5.75 Å². The molecule has 0 bridgehead atoms. The molecule has 2 rings (SSSR count). The zero-order valence-corrected chi connectivity index (χ0v) is 19.9. The van der Waals surface area contributed by atoms with Crippen LogP contribution in [0.5, 0.6) is 5.75 Å². The Hall–Kier alpha value is -2.05. The number of nitrogens with zero attached hydrogens (tertiary/aromatic N) is 1. The van der Waals surface area contributed by atoms with Gasteiger partial charge in [-0.1, -0.05) is 53.0 Å². The molecule has 0 aliphatic heterocycles. The highest BCUT2D eigenvalue weighted by Crippen LogP contribution is 2.22. The van der Waals surface area contributed by atoms with Gasteiger partial charge in [0.25, 0.3) is 5.91 Å². The van der Waals surface area contributed by atoms with Crippen molar-refractivity contribution >= 4 is 39.3 Å². The van der Waals surface area contributed by atoms with Gasteiger partial charge in [0.15, 0.2) is 6.61 Å². The molecule has 162 valence electrons. The molecule has 0 saturated carbocycles. The van der Waals surface area contributed by atoms with Crippen molar-refractivity contribution in [3.05, 3.63) is 63.1 Å². The Morgan fingerprint density at radius 3 is 2.53 bits per heavy atom. The Bertz CT molecular complexity index is 858. The molecule has 0 saturated heterocycles. The van der Waals surface area contributed by atoms with Gasteiger partial charge < -0.3 is 15.0 Å². The number of carbonyl (C=O) groups is 2. The van der Waals surface area contributed by atoms with Crippen LogP contribution >= 0.6 is 27.5 Å². The Kier molecular flexibility index (Phi) is 9.66. The number of rotatable bonds is 10. The van der Waals surface area contributed by atoms with E-state index in [0.717, 1.165) is 28.4 Å². The smallest absolute Gasteiger partial charge is 0.261 e. The first-order valence-electron chi connectivity index (χ1n) is 10.0. The number of hydrogen-bond acceptors (Lipinski definition) is 3. The number of hydrogen-bond donors (Lipinski definition) is 1. The summed E-state index contributed by atoms with van der Waals surface area (Å²) in [5.41, 5.74) is 1.90. The van der Waals surface area contributed by atoms with Crippen molar-refractivity contribution in [1.29, 1.82) is 0 Å². The minimum atomic E-state index is -0.625. The SMILES string of the molecule is CCCCNC(=O)[C@H](C)N(Cc1ccc(Cl)cc1)C(=O)COc1ccc(Br)c(C)c1. The summed E-state index contributed by atoms with van der Waals surface area (Å²) in [6.07, 6.45) is 1.89. The molecule has 0 unspecified atom stereocenters. The first-order chi connectivity index (χ1) is 14.3. The van der Waals surface area contributed by atoms with Crippen LogP contribution in [-0.4, -0.2) is 35.9 Å². The summed E-state index contributed by atoms with van der Waals surface area (Å²) < 4.78 is 6.68. The highest BCUT2D eigenvalue weighted by Gasteiger charge is 2.26. The molecule has 2 aromatic rings. The minimum Gasteiger partial charge on any atom is -0.484 e. The quantitative estimate of drug-likeness (QED) is 0.465. The van der Waals surface area contributed by atoms with E-state index in [0.29, 0.717) is 23.9 Å². The highest BCUT2D eigenvalue weighted by atomic mass is 79.9. The molecular weight excluding hydrogens is 468 g/mol. The van der Waals surface area contributed by atoms with E-state index in [1.165, 1.54) is 4.90 Å². The van der Waals surface area contributed by atoms with Crippen molar-refractivity contribution < 1.29 is 14.3 Å². The second kappa shape index (κ2) is 12.0. The molecule has 7 heteroatoms. The fourth-order valence-corrected chi connectivity index (χ4v) is 3.21. The van der Waals surface area contributed by atoms with Crippen molar-refractivity contribution in [3.63, 3.8) is 0 Å². The number of ether oxygens (including phenoxy) is 1. The average Bonchev–Trinajstić information content (AvgIpc) is 2.73. The zero-order valence-electron chi connectivity index (χ0n) is 17.6. The third-order valence-electron chi connectivity index (χ3n) is 4.75. The van der Waals surface area contributed by atoms with Gasteiger partial charge in [0, 0.05) is 22.6 Å². The van der Waals surface area contributed by atoms with Crippen LogP contribution in [-0.2, 0) is 16.1 Å². The third kappa shape index (κ3) is 7.33. The zero-order chi connectivity index (χ0) is 22.1. The van der Waals surface area contributed by atoms with Crippen LogP contribution in [0, 0.1) is 6.92 Å². The van der Waals surface area contributed by atoms with Crippen LogP contribution in [0.4, 0.5) is 0 Å². The van der Waals surface area contributed by atoms with Gasteiger partial charge in [-0.3, -0.25) is 9.59 Å². The Morgan fingerprint density at radius 2 is 1.90 bits per heavy atom. The van der Waals surface area contributed by atoms with E-state index in [9.17, 15) is 9.59 Å². The molecule has 30 heavy (non-hydrogen) atoms. The lowest BCUT2D eigenvalue weighted by Gasteiger charge is -2.28. The van der Waals surface area contributed by atoms with E-state index in [2.05, 4.69) is 28.2 Å². The number of nitrogens with one attached hydrogen (secondary N) is 1. The van der Waals surface area contributed by atoms with Crippen molar-refractivity contribution in [1.82, 2.24) is 10.2 Å². The molecule has 2 amide bonds. The Labute approximate surface area is 191 Å². The maximum absolute atomic E-state index is 13.0. The third-order valence-corrected chi connectivity index (χ3v) is 5.90. The number of unbranched alkanes of at least 4 members (excludes halogenated alkanes) is 1. The molecule has 0 aliphatic rings. The van der Waals surface area contributed by atoms with Crippen molar-refractivity contribution in [2.24, 2.45) is 0 Å². The monoisotopic (exact) mass is 494 g/mol. The molecule has 0 aliphatic carbocycles. The minimum absolute atomic E-state index is 0.152. The van der Waals surface area contributed by atoms with Crippen LogP contribution < -0.4 is 10.1 Å². The van der Waals surface area contributed by atoms with Crippen LogP contribution in [0.1, 0.15) is 37.8 Å². The number of halogens is 2. The molecule has 1 atom stereocenters. The number of carbonyl (C=O) groups excluding carboxylic acids is 2. The fraction of sp³-hybridized carbons (Fsp3) is 0.391. The van der Waals surface area contributed by atoms with Crippen molar-refractivity contribution in [2.75, 3.05) is 13.2 Å². The highest BCUT2D eigenvalue weighted by molar-refractivity contribution is 9.10. The van der Waals surface area contributed by atoms with Gasteiger partial charge in [-0.15, -0.1) is 0 Å². The molecular formula is C23H28BrClN2O3. The Morgan fingerprint density at radius 1 is 1.20 bits per heavy atom. The van der Waals surface area contributed by atoms with Crippen molar-refractivity contribution in [2.45, 2.75) is 46.2 Å². The lowest BCUT2D eigenvalue weighted by Crippen LogP contribution is -2.49. The molecule has 0 aromatic heterocycles. The van der Waals surface area contributed by atoms with E-state index in [-0.39, 0.29) is 18.4 Å². The van der Waals surface area contributed by atoms with Crippen LogP contribution in [0.15, 0.2) is 46.9 Å². The van der Waals surface area contributed by atoms with E-state index in [4.69, 9.17) is 16.3 Å². The lowest BCUT2D eigenvalue weighted by atomic mass is 10.1. The second-order valence-electron chi connectivity index (χ2n) is 7.17. The van der Waals surface area contributed by atoms with Crippen LogP contribution in [0.3, 0.4) is 0 Å². The predicted molar refractivity (Wildman–Crippen MR) is 124 cm³/mol. The normalized spacial score (nSPS) is 11.6. The Balaban J connectivity index is 2.11. The van der Waals surface area contributed by atoms with Gasteiger partial charge >= 0.3 is 0 Å². The van der Waals surface area contributed by atoms with Gasteiger partial charge in [0.05, 0.1) is 0 Å². The largest absolute Gasteiger partial charge is 0.484 e. The molecule has 2 aromatic carbocycles. The molecule has 0 radical (unpaired) electrons. The summed E-state index contributed by atoms with van der Waals surface area (Å²) in [7, 11) is 0. The molecule has 5 nitrogen and oxygen atoms in total.